The molecule has 0 aliphatic rings. The van der Waals surface area contributed by atoms with Gasteiger partial charge < -0.3 is 10.4 Å². The zero-order valence-corrected chi connectivity index (χ0v) is 13.8. The third-order valence-corrected chi connectivity index (χ3v) is 3.76. The van der Waals surface area contributed by atoms with Gasteiger partial charge in [0.2, 0.25) is 0 Å². The summed E-state index contributed by atoms with van der Waals surface area (Å²) in [5, 5.41) is 13.2. The Morgan fingerprint density at radius 2 is 1.37 bits per heavy atom. The average Bonchev–Trinajstić information content (AvgIpc) is 2.37. The van der Waals surface area contributed by atoms with Crippen LogP contribution in [0.2, 0.25) is 0 Å². The molecule has 2 heteroatoms. The third-order valence-electron chi connectivity index (χ3n) is 3.76. The fourth-order valence-corrected chi connectivity index (χ4v) is 2.69. The number of rotatable bonds is 13. The van der Waals surface area contributed by atoms with E-state index >= 15 is 0 Å². The molecule has 0 amide bonds. The summed E-state index contributed by atoms with van der Waals surface area (Å²) in [5.41, 5.74) is 0. The van der Waals surface area contributed by atoms with Gasteiger partial charge in [-0.3, -0.25) is 0 Å². The topological polar surface area (TPSA) is 32.3 Å². The number of hydrogen-bond acceptors (Lipinski definition) is 2. The number of hydrogen-bond donors (Lipinski definition) is 2. The maximum Gasteiger partial charge on any atom is 0.0584 e. The van der Waals surface area contributed by atoms with Gasteiger partial charge in [0.05, 0.1) is 6.61 Å². The van der Waals surface area contributed by atoms with E-state index < -0.39 is 0 Å². The van der Waals surface area contributed by atoms with Crippen LogP contribution in [0, 0.1) is 5.92 Å². The molecular weight excluding hydrogens is 234 g/mol. The fourth-order valence-electron chi connectivity index (χ4n) is 2.69. The Kier molecular flexibility index (Phi) is 12.9. The molecule has 0 bridgehead atoms. The second-order valence-corrected chi connectivity index (χ2v) is 6.36. The first kappa shape index (κ1) is 18.9. The molecule has 0 aromatic heterocycles. The summed E-state index contributed by atoms with van der Waals surface area (Å²) in [7, 11) is 0. The first-order valence-corrected chi connectivity index (χ1v) is 8.50. The van der Waals surface area contributed by atoms with Gasteiger partial charge in [0.25, 0.3) is 0 Å². The summed E-state index contributed by atoms with van der Waals surface area (Å²) in [6.07, 6.45) is 11.5. The minimum Gasteiger partial charge on any atom is -0.395 e. The van der Waals surface area contributed by atoms with Crippen LogP contribution in [0.3, 0.4) is 0 Å². The van der Waals surface area contributed by atoms with Gasteiger partial charge in [0.15, 0.2) is 0 Å². The highest BCUT2D eigenvalue weighted by molar-refractivity contribution is 4.75. The van der Waals surface area contributed by atoms with Crippen molar-refractivity contribution < 1.29 is 5.11 Å². The van der Waals surface area contributed by atoms with Gasteiger partial charge in [0.1, 0.15) is 0 Å². The van der Waals surface area contributed by atoms with E-state index in [0.29, 0.717) is 12.0 Å². The van der Waals surface area contributed by atoms with E-state index in [1.807, 2.05) is 0 Å². The molecule has 0 aromatic carbocycles. The molecule has 0 spiro atoms. The number of aliphatic hydroxyl groups excluding tert-OH is 1. The highest BCUT2D eigenvalue weighted by Gasteiger charge is 2.15. The Balaban J connectivity index is 4.11. The molecule has 1 atom stereocenters. The van der Waals surface area contributed by atoms with Crippen LogP contribution in [0.15, 0.2) is 0 Å². The molecule has 2 nitrogen and oxygen atoms in total. The smallest absolute Gasteiger partial charge is 0.0584 e. The molecule has 1 unspecified atom stereocenters. The van der Waals surface area contributed by atoms with Crippen LogP contribution in [-0.2, 0) is 0 Å². The van der Waals surface area contributed by atoms with Gasteiger partial charge in [-0.2, -0.15) is 0 Å². The lowest BCUT2D eigenvalue weighted by Gasteiger charge is -2.26. The summed E-state index contributed by atoms with van der Waals surface area (Å²) in [5.74, 6) is 0.650. The van der Waals surface area contributed by atoms with Crippen LogP contribution in [0.1, 0.15) is 85.5 Å². The van der Waals surface area contributed by atoms with Crippen LogP contribution in [0.4, 0.5) is 0 Å². The summed E-state index contributed by atoms with van der Waals surface area (Å²) in [4.78, 5) is 0. The van der Waals surface area contributed by atoms with Crippen molar-refractivity contribution in [3.05, 3.63) is 0 Å². The van der Waals surface area contributed by atoms with Crippen molar-refractivity contribution in [1.82, 2.24) is 5.32 Å². The van der Waals surface area contributed by atoms with Crippen molar-refractivity contribution in [3.8, 4) is 0 Å². The monoisotopic (exact) mass is 271 g/mol. The molecule has 2 N–H and O–H groups in total. The van der Waals surface area contributed by atoms with E-state index in [-0.39, 0.29) is 12.6 Å². The first-order chi connectivity index (χ1) is 9.13. The summed E-state index contributed by atoms with van der Waals surface area (Å²) >= 11 is 0. The predicted molar refractivity (Wildman–Crippen MR) is 85.5 cm³/mol. The van der Waals surface area contributed by atoms with E-state index in [1.165, 1.54) is 51.4 Å². The van der Waals surface area contributed by atoms with Crippen LogP contribution >= 0.6 is 0 Å². The molecule has 116 valence electrons. The predicted octanol–water partition coefficient (Wildman–Crippen LogP) is 4.51. The van der Waals surface area contributed by atoms with Gasteiger partial charge in [-0.25, -0.2) is 0 Å². The maximum absolute atomic E-state index is 9.50. The molecule has 0 aliphatic carbocycles. The second kappa shape index (κ2) is 12.9. The Bertz CT molecular complexity index is 172. The molecule has 0 saturated carbocycles. The molecule has 0 rings (SSSR count). The van der Waals surface area contributed by atoms with E-state index in [2.05, 4.69) is 33.0 Å². The number of unbranched alkanes of at least 4 members (excludes halogenated alkanes) is 4. The second-order valence-electron chi connectivity index (χ2n) is 6.36. The van der Waals surface area contributed by atoms with Crippen LogP contribution in [0.5, 0.6) is 0 Å². The van der Waals surface area contributed by atoms with Gasteiger partial charge in [0, 0.05) is 12.1 Å². The van der Waals surface area contributed by atoms with E-state index in [4.69, 9.17) is 0 Å². The van der Waals surface area contributed by atoms with Crippen LogP contribution in [0.25, 0.3) is 0 Å². The van der Waals surface area contributed by atoms with Crippen molar-refractivity contribution in [2.45, 2.75) is 97.6 Å². The standard InChI is InChI=1S/C17H37NO/c1-5-7-9-11-16(12-10-8-6-2)18-17(14-19)13-15(3)4/h15-19H,5-14H2,1-4H3. The number of nitrogens with one attached hydrogen (secondary N) is 1. The van der Waals surface area contributed by atoms with Crippen LogP contribution in [-0.4, -0.2) is 23.8 Å². The summed E-state index contributed by atoms with van der Waals surface area (Å²) < 4.78 is 0. The van der Waals surface area contributed by atoms with Crippen molar-refractivity contribution in [3.63, 3.8) is 0 Å². The SMILES string of the molecule is CCCCCC(CCCCC)NC(CO)CC(C)C. The minimum absolute atomic E-state index is 0.274. The quantitative estimate of drug-likeness (QED) is 0.483. The molecule has 0 heterocycles. The molecule has 0 fully saturated rings. The Morgan fingerprint density at radius 1 is 0.842 bits per heavy atom. The van der Waals surface area contributed by atoms with E-state index in [9.17, 15) is 5.11 Å². The lowest BCUT2D eigenvalue weighted by atomic mass is 9.98. The molecule has 0 aliphatic heterocycles. The van der Waals surface area contributed by atoms with Gasteiger partial charge in [-0.15, -0.1) is 0 Å². The number of aliphatic hydroxyl groups is 1. The molecule has 0 saturated heterocycles. The van der Waals surface area contributed by atoms with Crippen molar-refractivity contribution in [2.75, 3.05) is 6.61 Å². The summed E-state index contributed by atoms with van der Waals surface area (Å²) in [6, 6.07) is 0.891. The molecule has 19 heavy (non-hydrogen) atoms. The van der Waals surface area contributed by atoms with Gasteiger partial charge in [-0.05, 0) is 25.2 Å². The highest BCUT2D eigenvalue weighted by atomic mass is 16.3. The van der Waals surface area contributed by atoms with Crippen molar-refractivity contribution in [2.24, 2.45) is 5.92 Å². The normalized spacial score (nSPS) is 13.4. The minimum atomic E-state index is 0.274. The van der Waals surface area contributed by atoms with Crippen molar-refractivity contribution in [1.29, 1.82) is 0 Å². The summed E-state index contributed by atoms with van der Waals surface area (Å²) in [6.45, 7) is 9.25. The molecule has 0 aromatic rings. The zero-order valence-electron chi connectivity index (χ0n) is 13.8. The fraction of sp³-hybridized carbons (Fsp3) is 1.00. The van der Waals surface area contributed by atoms with E-state index in [1.54, 1.807) is 0 Å². The van der Waals surface area contributed by atoms with Crippen molar-refractivity contribution >= 4 is 0 Å². The maximum atomic E-state index is 9.50. The van der Waals surface area contributed by atoms with E-state index in [0.717, 1.165) is 6.42 Å². The molecular formula is C17H37NO. The lowest BCUT2D eigenvalue weighted by Crippen LogP contribution is -2.41. The Hall–Kier alpha value is -0.0800. The molecule has 0 radical (unpaired) electrons. The van der Waals surface area contributed by atoms with Gasteiger partial charge >= 0.3 is 0 Å². The average molecular weight is 271 g/mol. The third kappa shape index (κ3) is 11.4. The lowest BCUT2D eigenvalue weighted by molar-refractivity contribution is 0.206. The van der Waals surface area contributed by atoms with Gasteiger partial charge in [-0.1, -0.05) is 66.2 Å². The first-order valence-electron chi connectivity index (χ1n) is 8.50. The highest BCUT2D eigenvalue weighted by Crippen LogP contribution is 2.14. The Labute approximate surface area is 121 Å². The Morgan fingerprint density at radius 3 is 1.74 bits per heavy atom. The zero-order chi connectivity index (χ0) is 14.5. The largest absolute Gasteiger partial charge is 0.395 e. The van der Waals surface area contributed by atoms with Crippen LogP contribution < -0.4 is 5.32 Å².